The number of benzene rings is 2. The first kappa shape index (κ1) is 18.5. The van der Waals surface area contributed by atoms with Gasteiger partial charge in [0.2, 0.25) is 0 Å². The Bertz CT molecular complexity index is 861. The van der Waals surface area contributed by atoms with Crippen molar-refractivity contribution in [2.75, 3.05) is 6.61 Å². The second-order valence-corrected chi connectivity index (χ2v) is 6.10. The number of esters is 1. The number of allylic oxidation sites excluding steroid dienone is 1. The summed E-state index contributed by atoms with van der Waals surface area (Å²) in [6, 6.07) is 16.1. The van der Waals surface area contributed by atoms with Gasteiger partial charge in [-0.1, -0.05) is 48.5 Å². The molecule has 0 saturated carbocycles. The molecule has 27 heavy (non-hydrogen) atoms. The molecular formula is C21H22N2O4. The fourth-order valence-corrected chi connectivity index (χ4v) is 2.99. The van der Waals surface area contributed by atoms with Gasteiger partial charge >= 0.3 is 12.0 Å². The smallest absolute Gasteiger partial charge is 0.338 e. The number of para-hydroxylation sites is 1. The van der Waals surface area contributed by atoms with Crippen LogP contribution < -0.4 is 15.4 Å². The lowest BCUT2D eigenvalue weighted by molar-refractivity contribution is -0.139. The van der Waals surface area contributed by atoms with Crippen LogP contribution in [0.5, 0.6) is 5.75 Å². The average Bonchev–Trinajstić information content (AvgIpc) is 2.67. The predicted molar refractivity (Wildman–Crippen MR) is 101 cm³/mol. The van der Waals surface area contributed by atoms with Crippen molar-refractivity contribution in [3.05, 3.63) is 77.0 Å². The number of rotatable bonds is 6. The third-order valence-electron chi connectivity index (χ3n) is 4.23. The van der Waals surface area contributed by atoms with Gasteiger partial charge in [-0.05, 0) is 25.5 Å². The molecule has 6 nitrogen and oxygen atoms in total. The maximum absolute atomic E-state index is 12.5. The first-order valence-corrected chi connectivity index (χ1v) is 8.81. The lowest BCUT2D eigenvalue weighted by Gasteiger charge is -2.29. The average molecular weight is 366 g/mol. The second-order valence-electron chi connectivity index (χ2n) is 6.10. The van der Waals surface area contributed by atoms with Crippen LogP contribution in [0.1, 0.15) is 31.0 Å². The molecule has 1 heterocycles. The normalized spacial score (nSPS) is 16.4. The van der Waals surface area contributed by atoms with Gasteiger partial charge in [0, 0.05) is 11.3 Å². The van der Waals surface area contributed by atoms with Crippen molar-refractivity contribution in [1.29, 1.82) is 0 Å². The molecule has 1 aliphatic heterocycles. The summed E-state index contributed by atoms with van der Waals surface area (Å²) < 4.78 is 11.2. The molecule has 2 aromatic rings. The monoisotopic (exact) mass is 366 g/mol. The number of ether oxygens (including phenoxy) is 2. The summed E-state index contributed by atoms with van der Waals surface area (Å²) in [5.74, 6) is 0.133. The molecule has 140 valence electrons. The molecular weight excluding hydrogens is 344 g/mol. The molecule has 0 aromatic heterocycles. The molecule has 3 rings (SSSR count). The van der Waals surface area contributed by atoms with Crippen LogP contribution >= 0.6 is 0 Å². The number of hydrogen-bond acceptors (Lipinski definition) is 4. The summed E-state index contributed by atoms with van der Waals surface area (Å²) in [4.78, 5) is 24.5. The van der Waals surface area contributed by atoms with E-state index < -0.39 is 12.0 Å². The summed E-state index contributed by atoms with van der Waals surface area (Å²) in [6.07, 6.45) is 0. The summed E-state index contributed by atoms with van der Waals surface area (Å²) >= 11 is 0. The SMILES string of the molecule is CCOC(=O)C1=C(C)NC(=O)N[C@H]1c1ccccc1OCc1ccccc1. The van der Waals surface area contributed by atoms with Gasteiger partial charge in [0.05, 0.1) is 18.2 Å². The first-order chi connectivity index (χ1) is 13.1. The van der Waals surface area contributed by atoms with Gasteiger partial charge in [-0.2, -0.15) is 0 Å². The highest BCUT2D eigenvalue weighted by Gasteiger charge is 2.33. The maximum Gasteiger partial charge on any atom is 0.338 e. The molecule has 0 aliphatic carbocycles. The van der Waals surface area contributed by atoms with Gasteiger partial charge in [-0.3, -0.25) is 0 Å². The molecule has 2 N–H and O–H groups in total. The number of carbonyl (C=O) groups excluding carboxylic acids is 2. The zero-order valence-corrected chi connectivity index (χ0v) is 15.3. The van der Waals surface area contributed by atoms with Gasteiger partial charge in [0.15, 0.2) is 0 Å². The van der Waals surface area contributed by atoms with E-state index in [9.17, 15) is 9.59 Å². The molecule has 0 unspecified atom stereocenters. The van der Waals surface area contributed by atoms with Gasteiger partial charge < -0.3 is 20.1 Å². The summed E-state index contributed by atoms with van der Waals surface area (Å²) in [6.45, 7) is 4.07. The van der Waals surface area contributed by atoms with Crippen molar-refractivity contribution in [1.82, 2.24) is 10.6 Å². The van der Waals surface area contributed by atoms with E-state index in [0.717, 1.165) is 5.56 Å². The topological polar surface area (TPSA) is 76.7 Å². The van der Waals surface area contributed by atoms with Crippen molar-refractivity contribution < 1.29 is 19.1 Å². The van der Waals surface area contributed by atoms with Crippen LogP contribution in [0.4, 0.5) is 4.79 Å². The summed E-state index contributed by atoms with van der Waals surface area (Å²) in [5.41, 5.74) is 2.57. The Morgan fingerprint density at radius 2 is 1.78 bits per heavy atom. The van der Waals surface area contributed by atoms with Gasteiger partial charge in [-0.25, -0.2) is 9.59 Å². The number of carbonyl (C=O) groups is 2. The maximum atomic E-state index is 12.5. The second kappa shape index (κ2) is 8.40. The van der Waals surface area contributed by atoms with E-state index in [1.165, 1.54) is 0 Å². The lowest BCUT2D eigenvalue weighted by Crippen LogP contribution is -2.45. The Kier molecular flexibility index (Phi) is 5.76. The zero-order chi connectivity index (χ0) is 19.2. The third-order valence-corrected chi connectivity index (χ3v) is 4.23. The quantitative estimate of drug-likeness (QED) is 0.768. The zero-order valence-electron chi connectivity index (χ0n) is 15.3. The molecule has 2 aromatic carbocycles. The minimum Gasteiger partial charge on any atom is -0.489 e. The molecule has 6 heteroatoms. The molecule has 1 aliphatic rings. The van der Waals surface area contributed by atoms with E-state index in [0.29, 0.717) is 29.2 Å². The molecule has 0 radical (unpaired) electrons. The van der Waals surface area contributed by atoms with Crippen LogP contribution in [0.3, 0.4) is 0 Å². The Morgan fingerprint density at radius 1 is 1.07 bits per heavy atom. The molecule has 0 saturated heterocycles. The van der Waals surface area contributed by atoms with E-state index in [2.05, 4.69) is 10.6 Å². The van der Waals surface area contributed by atoms with Crippen molar-refractivity contribution in [3.63, 3.8) is 0 Å². The first-order valence-electron chi connectivity index (χ1n) is 8.81. The Balaban J connectivity index is 1.92. The minimum absolute atomic E-state index is 0.252. The van der Waals surface area contributed by atoms with Crippen LogP contribution in [-0.4, -0.2) is 18.6 Å². The van der Waals surface area contributed by atoms with Crippen LogP contribution in [0.25, 0.3) is 0 Å². The van der Waals surface area contributed by atoms with E-state index in [4.69, 9.17) is 9.47 Å². The van der Waals surface area contributed by atoms with Crippen LogP contribution in [0.2, 0.25) is 0 Å². The lowest BCUT2D eigenvalue weighted by atomic mass is 9.95. The highest BCUT2D eigenvalue weighted by molar-refractivity contribution is 5.95. The highest BCUT2D eigenvalue weighted by atomic mass is 16.5. The van der Waals surface area contributed by atoms with Crippen LogP contribution in [0, 0.1) is 0 Å². The fraction of sp³-hybridized carbons (Fsp3) is 0.238. The Morgan fingerprint density at radius 3 is 2.52 bits per heavy atom. The third kappa shape index (κ3) is 4.28. The van der Waals surface area contributed by atoms with Crippen molar-refractivity contribution in [2.24, 2.45) is 0 Å². The number of amides is 2. The highest BCUT2D eigenvalue weighted by Crippen LogP contribution is 2.33. The van der Waals surface area contributed by atoms with Crippen molar-refractivity contribution >= 4 is 12.0 Å². The number of hydrogen-bond donors (Lipinski definition) is 2. The van der Waals surface area contributed by atoms with E-state index >= 15 is 0 Å². The standard InChI is InChI=1S/C21H22N2O4/c1-3-26-20(24)18-14(2)22-21(25)23-19(18)16-11-7-8-12-17(16)27-13-15-9-5-4-6-10-15/h4-12,19H,3,13H2,1-2H3,(H2,22,23,25)/t19-/m0/s1. The molecule has 2 amide bonds. The van der Waals surface area contributed by atoms with E-state index in [1.54, 1.807) is 13.8 Å². The Hall–Kier alpha value is -3.28. The van der Waals surface area contributed by atoms with E-state index in [-0.39, 0.29) is 12.6 Å². The molecule has 1 atom stereocenters. The summed E-state index contributed by atoms with van der Waals surface area (Å²) in [7, 11) is 0. The van der Waals surface area contributed by atoms with Crippen LogP contribution in [0.15, 0.2) is 65.9 Å². The van der Waals surface area contributed by atoms with Gasteiger partial charge in [-0.15, -0.1) is 0 Å². The number of nitrogens with one attached hydrogen (secondary N) is 2. The number of urea groups is 1. The van der Waals surface area contributed by atoms with Gasteiger partial charge in [0.1, 0.15) is 12.4 Å². The largest absolute Gasteiger partial charge is 0.489 e. The molecule has 0 fully saturated rings. The summed E-state index contributed by atoms with van der Waals surface area (Å²) in [5, 5.41) is 5.44. The van der Waals surface area contributed by atoms with Gasteiger partial charge in [0.25, 0.3) is 0 Å². The predicted octanol–water partition coefficient (Wildman–Crippen LogP) is 3.46. The Labute approximate surface area is 158 Å². The minimum atomic E-state index is -0.648. The van der Waals surface area contributed by atoms with Crippen molar-refractivity contribution in [2.45, 2.75) is 26.5 Å². The molecule has 0 bridgehead atoms. The van der Waals surface area contributed by atoms with Crippen LogP contribution in [-0.2, 0) is 16.1 Å². The van der Waals surface area contributed by atoms with Crippen molar-refractivity contribution in [3.8, 4) is 5.75 Å². The molecule has 0 spiro atoms. The van der Waals surface area contributed by atoms with E-state index in [1.807, 2.05) is 54.6 Å². The fourth-order valence-electron chi connectivity index (χ4n) is 2.99.